The molecule has 0 aromatic heterocycles. The fraction of sp³-hybridized carbons (Fsp3) is 0.500. The van der Waals surface area contributed by atoms with Crippen molar-refractivity contribution in [1.29, 1.82) is 5.26 Å². The first-order valence-corrected chi connectivity index (χ1v) is 9.14. The van der Waals surface area contributed by atoms with Crippen LogP contribution >= 0.6 is 0 Å². The summed E-state index contributed by atoms with van der Waals surface area (Å²) in [5.41, 5.74) is 0.921. The molecule has 1 aromatic carbocycles. The van der Waals surface area contributed by atoms with Crippen molar-refractivity contribution < 1.29 is 22.7 Å². The number of hydrogen-bond acceptors (Lipinski definition) is 6. The van der Waals surface area contributed by atoms with Crippen molar-refractivity contribution in [3.8, 4) is 6.07 Å². The van der Waals surface area contributed by atoms with Crippen LogP contribution in [0.4, 0.5) is 0 Å². The van der Waals surface area contributed by atoms with E-state index >= 15 is 0 Å². The summed E-state index contributed by atoms with van der Waals surface area (Å²) in [5.74, 6) is -1.29. The summed E-state index contributed by atoms with van der Waals surface area (Å²) in [6, 6.07) is 7.07. The van der Waals surface area contributed by atoms with Crippen molar-refractivity contribution in [3.63, 3.8) is 0 Å². The Morgan fingerprint density at radius 2 is 2.12 bits per heavy atom. The van der Waals surface area contributed by atoms with E-state index in [9.17, 15) is 13.2 Å². The van der Waals surface area contributed by atoms with Crippen molar-refractivity contribution >= 4 is 16.0 Å². The Bertz CT molecular complexity index is 724. The molecule has 24 heavy (non-hydrogen) atoms. The average Bonchev–Trinajstić information content (AvgIpc) is 3.01. The predicted octanol–water partition coefficient (Wildman–Crippen LogP) is 1.13. The second-order valence-corrected chi connectivity index (χ2v) is 7.25. The predicted molar refractivity (Wildman–Crippen MR) is 85.4 cm³/mol. The van der Waals surface area contributed by atoms with E-state index in [1.54, 1.807) is 19.1 Å². The number of aryl methyl sites for hydroxylation is 1. The van der Waals surface area contributed by atoms with Gasteiger partial charge in [0, 0.05) is 12.5 Å². The molecule has 1 aliphatic heterocycles. The molecule has 0 spiro atoms. The lowest BCUT2D eigenvalue weighted by Gasteiger charge is -2.23. The number of hydrogen-bond donors (Lipinski definition) is 1. The molecule has 1 saturated heterocycles. The van der Waals surface area contributed by atoms with Crippen LogP contribution < -0.4 is 4.72 Å². The first kappa shape index (κ1) is 18.4. The van der Waals surface area contributed by atoms with Crippen molar-refractivity contribution in [1.82, 2.24) is 4.72 Å². The van der Waals surface area contributed by atoms with Gasteiger partial charge in [0.05, 0.1) is 17.6 Å². The van der Waals surface area contributed by atoms with Gasteiger partial charge in [-0.2, -0.15) is 9.98 Å². The zero-order chi connectivity index (χ0) is 17.7. The van der Waals surface area contributed by atoms with Crippen LogP contribution in [0.25, 0.3) is 0 Å². The molecule has 1 N–H and O–H groups in total. The highest BCUT2D eigenvalue weighted by Crippen LogP contribution is 2.26. The summed E-state index contributed by atoms with van der Waals surface area (Å²) in [6.07, 6.45) is -0.446. The van der Waals surface area contributed by atoms with Gasteiger partial charge in [-0.15, -0.1) is 0 Å². The highest BCUT2D eigenvalue weighted by Gasteiger charge is 2.41. The van der Waals surface area contributed by atoms with E-state index in [-0.39, 0.29) is 11.5 Å². The van der Waals surface area contributed by atoms with Gasteiger partial charge in [0.25, 0.3) is 0 Å². The number of nitriles is 1. The molecule has 1 aliphatic rings. The highest BCUT2D eigenvalue weighted by atomic mass is 32.2. The first-order chi connectivity index (χ1) is 11.4. The maximum absolute atomic E-state index is 12.6. The fourth-order valence-electron chi connectivity index (χ4n) is 2.58. The molecule has 3 atom stereocenters. The topological polar surface area (TPSA) is 105 Å². The lowest BCUT2D eigenvalue weighted by atomic mass is 9.94. The second kappa shape index (κ2) is 7.75. The number of ether oxygens (including phenoxy) is 2. The molecule has 1 aromatic rings. The van der Waals surface area contributed by atoms with Crippen molar-refractivity contribution in [3.05, 3.63) is 29.8 Å². The Labute approximate surface area is 141 Å². The molecule has 0 bridgehead atoms. The molecule has 7 nitrogen and oxygen atoms in total. The number of carbonyl (C=O) groups is 1. The van der Waals surface area contributed by atoms with Crippen LogP contribution in [0, 0.1) is 24.2 Å². The van der Waals surface area contributed by atoms with E-state index in [2.05, 4.69) is 4.72 Å². The third-order valence-electron chi connectivity index (χ3n) is 3.85. The number of nitrogens with one attached hydrogen (secondary N) is 1. The third-order valence-corrected chi connectivity index (χ3v) is 5.30. The van der Waals surface area contributed by atoms with Crippen LogP contribution in [0.1, 0.15) is 18.9 Å². The zero-order valence-electron chi connectivity index (χ0n) is 13.6. The number of nitrogens with zero attached hydrogens (tertiary/aromatic N) is 1. The van der Waals surface area contributed by atoms with Gasteiger partial charge in [0.15, 0.2) is 0 Å². The molecule has 1 fully saturated rings. The Kier molecular flexibility index (Phi) is 5.94. The van der Waals surface area contributed by atoms with E-state index in [1.165, 1.54) is 12.1 Å². The SMILES string of the molecule is CCOC(=O)[C@@H](NS(=O)(=O)c1ccc(C)cc1)[C@@H]1CCO[C@@H]1C#N. The van der Waals surface area contributed by atoms with Gasteiger partial charge in [-0.1, -0.05) is 17.7 Å². The van der Waals surface area contributed by atoms with E-state index in [1.807, 2.05) is 13.0 Å². The Morgan fingerprint density at radius 1 is 1.46 bits per heavy atom. The van der Waals surface area contributed by atoms with Gasteiger partial charge in [0.2, 0.25) is 10.0 Å². The maximum atomic E-state index is 12.6. The second-order valence-electron chi connectivity index (χ2n) is 5.54. The monoisotopic (exact) mass is 352 g/mol. The minimum atomic E-state index is -3.92. The molecule has 1 heterocycles. The Hall–Kier alpha value is -1.95. The largest absolute Gasteiger partial charge is 0.465 e. The van der Waals surface area contributed by atoms with Gasteiger partial charge in [0.1, 0.15) is 12.1 Å². The van der Waals surface area contributed by atoms with Crippen LogP contribution in [0.2, 0.25) is 0 Å². The number of rotatable bonds is 6. The molecular formula is C16H20N2O5S. The minimum Gasteiger partial charge on any atom is -0.465 e. The summed E-state index contributed by atoms with van der Waals surface area (Å²) in [5, 5.41) is 9.14. The van der Waals surface area contributed by atoms with Crippen LogP contribution in [-0.4, -0.2) is 39.7 Å². The summed E-state index contributed by atoms with van der Waals surface area (Å²) in [7, 11) is -3.92. The van der Waals surface area contributed by atoms with Crippen LogP contribution in [0.15, 0.2) is 29.2 Å². The molecular weight excluding hydrogens is 332 g/mol. The van der Waals surface area contributed by atoms with Crippen LogP contribution in [0.5, 0.6) is 0 Å². The fourth-order valence-corrected chi connectivity index (χ4v) is 3.81. The summed E-state index contributed by atoms with van der Waals surface area (Å²) < 4.78 is 37.8. The van der Waals surface area contributed by atoms with Crippen molar-refractivity contribution in [2.75, 3.05) is 13.2 Å². The Balaban J connectivity index is 2.29. The van der Waals surface area contributed by atoms with Crippen LogP contribution in [0.3, 0.4) is 0 Å². The lowest BCUT2D eigenvalue weighted by molar-refractivity contribution is -0.146. The van der Waals surface area contributed by atoms with Gasteiger partial charge < -0.3 is 9.47 Å². The quantitative estimate of drug-likeness (QED) is 0.770. The number of benzene rings is 1. The summed E-state index contributed by atoms with van der Waals surface area (Å²) in [4.78, 5) is 12.3. The first-order valence-electron chi connectivity index (χ1n) is 7.66. The van der Waals surface area contributed by atoms with Gasteiger partial charge >= 0.3 is 5.97 Å². The third kappa shape index (κ3) is 4.12. The normalized spacial score (nSPS) is 21.9. The standard InChI is InChI=1S/C16H20N2O5S/c1-3-22-16(19)15(13-8-9-23-14(13)10-17)18-24(20,21)12-6-4-11(2)5-7-12/h4-7,13-15,18H,3,8-9H2,1-2H3/t13-,14-,15+/m1/s1. The van der Waals surface area contributed by atoms with Gasteiger partial charge in [-0.05, 0) is 32.4 Å². The Morgan fingerprint density at radius 3 is 2.71 bits per heavy atom. The average molecular weight is 352 g/mol. The molecule has 0 amide bonds. The summed E-state index contributed by atoms with van der Waals surface area (Å²) in [6.45, 7) is 3.90. The number of sulfonamides is 1. The molecule has 2 rings (SSSR count). The molecule has 0 saturated carbocycles. The van der Waals surface area contributed by atoms with Crippen molar-refractivity contribution in [2.24, 2.45) is 5.92 Å². The molecule has 0 unspecified atom stereocenters. The van der Waals surface area contributed by atoms with E-state index in [4.69, 9.17) is 14.7 Å². The number of esters is 1. The van der Waals surface area contributed by atoms with E-state index in [0.29, 0.717) is 13.0 Å². The maximum Gasteiger partial charge on any atom is 0.324 e. The van der Waals surface area contributed by atoms with Crippen LogP contribution in [-0.2, 0) is 24.3 Å². The minimum absolute atomic E-state index is 0.0508. The van der Waals surface area contributed by atoms with E-state index in [0.717, 1.165) is 5.56 Å². The molecule has 130 valence electrons. The van der Waals surface area contributed by atoms with E-state index < -0.39 is 34.1 Å². The van der Waals surface area contributed by atoms with Gasteiger partial charge in [-0.3, -0.25) is 4.79 Å². The molecule has 8 heteroatoms. The molecule has 0 radical (unpaired) electrons. The zero-order valence-corrected chi connectivity index (χ0v) is 14.4. The smallest absolute Gasteiger partial charge is 0.324 e. The highest BCUT2D eigenvalue weighted by molar-refractivity contribution is 7.89. The van der Waals surface area contributed by atoms with Crippen molar-refractivity contribution in [2.45, 2.75) is 37.3 Å². The summed E-state index contributed by atoms with van der Waals surface area (Å²) >= 11 is 0. The van der Waals surface area contributed by atoms with Gasteiger partial charge in [-0.25, -0.2) is 8.42 Å². The number of carbonyl (C=O) groups excluding carboxylic acids is 1. The lowest BCUT2D eigenvalue weighted by Crippen LogP contribution is -2.48. The molecule has 0 aliphatic carbocycles.